The molecule has 0 N–H and O–H groups in total. The summed E-state index contributed by atoms with van der Waals surface area (Å²) in [4.78, 5) is 10.5. The summed E-state index contributed by atoms with van der Waals surface area (Å²) >= 11 is 0. The molecule has 0 amide bonds. The zero-order valence-electron chi connectivity index (χ0n) is 7.00. The van der Waals surface area contributed by atoms with E-state index in [0.29, 0.717) is 0 Å². The van der Waals surface area contributed by atoms with E-state index in [1.165, 1.54) is 16.7 Å². The molecule has 1 aromatic rings. The maximum atomic E-state index is 10.5. The Bertz CT molecular complexity index is 361. The summed E-state index contributed by atoms with van der Waals surface area (Å²) in [5.74, 6) is 0. The monoisotopic (exact) mass is 158 g/mol. The number of rotatable bonds is 1. The molecule has 12 heavy (non-hydrogen) atoms. The largest absolute Gasteiger partial charge is 0.298 e. The minimum atomic E-state index is 0.869. The maximum Gasteiger partial charge on any atom is 0.146 e. The van der Waals surface area contributed by atoms with Crippen molar-refractivity contribution in [1.82, 2.24) is 0 Å². The normalized spacial score (nSPS) is 17.8. The van der Waals surface area contributed by atoms with Crippen LogP contribution in [0.4, 0.5) is 0 Å². The van der Waals surface area contributed by atoms with Crippen LogP contribution in [0.1, 0.15) is 18.1 Å². The first kappa shape index (κ1) is 7.29. The summed E-state index contributed by atoms with van der Waals surface area (Å²) in [5, 5.41) is 0. The second-order valence-electron chi connectivity index (χ2n) is 3.11. The van der Waals surface area contributed by atoms with E-state index in [1.54, 1.807) is 0 Å². The number of carbonyl (C=O) groups excluding carboxylic acids is 1. The molecule has 1 aliphatic rings. The van der Waals surface area contributed by atoms with Crippen LogP contribution in [0.3, 0.4) is 0 Å². The highest BCUT2D eigenvalue weighted by Gasteiger charge is 2.19. The lowest BCUT2D eigenvalue weighted by molar-refractivity contribution is -0.104. The quantitative estimate of drug-likeness (QED) is 0.452. The zero-order chi connectivity index (χ0) is 8.55. The van der Waals surface area contributed by atoms with Crippen LogP contribution in [0.5, 0.6) is 0 Å². The smallest absolute Gasteiger partial charge is 0.146 e. The van der Waals surface area contributed by atoms with Crippen molar-refractivity contribution in [1.29, 1.82) is 0 Å². The molecule has 0 saturated carbocycles. The van der Waals surface area contributed by atoms with Gasteiger partial charge in [-0.1, -0.05) is 24.3 Å². The van der Waals surface area contributed by atoms with Crippen LogP contribution in [0.25, 0.3) is 5.57 Å². The number of hydrogen-bond donors (Lipinski definition) is 0. The van der Waals surface area contributed by atoms with Crippen LogP contribution in [0, 0.1) is 0 Å². The minimum Gasteiger partial charge on any atom is -0.298 e. The SMILES string of the molecule is C/C(C=O)=C1/Cc2ccccc21. The van der Waals surface area contributed by atoms with Gasteiger partial charge in [-0.25, -0.2) is 0 Å². The first-order valence-corrected chi connectivity index (χ1v) is 4.06. The van der Waals surface area contributed by atoms with Crippen molar-refractivity contribution in [2.75, 3.05) is 0 Å². The number of hydrogen-bond acceptors (Lipinski definition) is 1. The van der Waals surface area contributed by atoms with Gasteiger partial charge in [-0.3, -0.25) is 4.79 Å². The van der Waals surface area contributed by atoms with Crippen molar-refractivity contribution in [2.45, 2.75) is 13.3 Å². The predicted molar refractivity (Wildman–Crippen MR) is 48.8 cm³/mol. The molecule has 0 aliphatic heterocycles. The van der Waals surface area contributed by atoms with E-state index in [1.807, 2.05) is 19.1 Å². The van der Waals surface area contributed by atoms with Crippen molar-refractivity contribution in [3.05, 3.63) is 41.0 Å². The van der Waals surface area contributed by atoms with Crippen LogP contribution in [0.15, 0.2) is 29.8 Å². The molecule has 1 heteroatoms. The summed E-state index contributed by atoms with van der Waals surface area (Å²) < 4.78 is 0. The summed E-state index contributed by atoms with van der Waals surface area (Å²) in [6, 6.07) is 8.22. The number of aldehydes is 1. The lowest BCUT2D eigenvalue weighted by Crippen LogP contribution is -2.08. The number of allylic oxidation sites excluding steroid dienone is 2. The van der Waals surface area contributed by atoms with Gasteiger partial charge in [-0.05, 0) is 35.6 Å². The molecule has 0 bridgehead atoms. The van der Waals surface area contributed by atoms with Gasteiger partial charge in [0.25, 0.3) is 0 Å². The summed E-state index contributed by atoms with van der Waals surface area (Å²) in [7, 11) is 0. The molecule has 0 aromatic heterocycles. The molecular weight excluding hydrogens is 148 g/mol. The van der Waals surface area contributed by atoms with Crippen LogP contribution < -0.4 is 0 Å². The van der Waals surface area contributed by atoms with Gasteiger partial charge in [0, 0.05) is 0 Å². The Labute approximate surface area is 71.7 Å². The fourth-order valence-electron chi connectivity index (χ4n) is 1.57. The molecule has 0 unspecified atom stereocenters. The third-order valence-corrected chi connectivity index (χ3v) is 2.36. The van der Waals surface area contributed by atoms with Crippen LogP contribution in [-0.4, -0.2) is 6.29 Å². The van der Waals surface area contributed by atoms with Gasteiger partial charge in [-0.2, -0.15) is 0 Å². The van der Waals surface area contributed by atoms with Gasteiger partial charge >= 0.3 is 0 Å². The van der Waals surface area contributed by atoms with E-state index in [9.17, 15) is 4.79 Å². The van der Waals surface area contributed by atoms with Gasteiger partial charge in [0.1, 0.15) is 6.29 Å². The highest BCUT2D eigenvalue weighted by Crippen LogP contribution is 2.35. The van der Waals surface area contributed by atoms with Crippen molar-refractivity contribution in [3.8, 4) is 0 Å². The van der Waals surface area contributed by atoms with Crippen molar-refractivity contribution in [2.24, 2.45) is 0 Å². The Hall–Kier alpha value is -1.37. The summed E-state index contributed by atoms with van der Waals surface area (Å²) in [6.07, 6.45) is 1.89. The van der Waals surface area contributed by atoms with E-state index < -0.39 is 0 Å². The first-order valence-electron chi connectivity index (χ1n) is 4.06. The van der Waals surface area contributed by atoms with Crippen LogP contribution >= 0.6 is 0 Å². The maximum absolute atomic E-state index is 10.5. The average Bonchev–Trinajstić information content (AvgIpc) is 2.07. The first-order chi connectivity index (χ1) is 5.83. The molecule has 1 aliphatic carbocycles. The van der Waals surface area contributed by atoms with E-state index in [4.69, 9.17) is 0 Å². The summed E-state index contributed by atoms with van der Waals surface area (Å²) in [5.41, 5.74) is 4.69. The zero-order valence-corrected chi connectivity index (χ0v) is 7.00. The van der Waals surface area contributed by atoms with Crippen LogP contribution in [-0.2, 0) is 11.2 Å². The molecule has 0 heterocycles. The third-order valence-electron chi connectivity index (χ3n) is 2.36. The predicted octanol–water partition coefficient (Wildman–Crippen LogP) is 2.22. The molecule has 0 spiro atoms. The lowest BCUT2D eigenvalue weighted by Gasteiger charge is -2.23. The van der Waals surface area contributed by atoms with E-state index in [-0.39, 0.29) is 0 Å². The Balaban J connectivity index is 2.49. The van der Waals surface area contributed by atoms with Crippen LogP contribution in [0.2, 0.25) is 0 Å². The highest BCUT2D eigenvalue weighted by molar-refractivity contribution is 5.93. The van der Waals surface area contributed by atoms with Gasteiger partial charge < -0.3 is 0 Å². The second-order valence-corrected chi connectivity index (χ2v) is 3.11. The molecule has 2 rings (SSSR count). The molecule has 60 valence electrons. The molecule has 1 aromatic carbocycles. The van der Waals surface area contributed by atoms with E-state index >= 15 is 0 Å². The second kappa shape index (κ2) is 2.59. The van der Waals surface area contributed by atoms with E-state index in [2.05, 4.69) is 12.1 Å². The topological polar surface area (TPSA) is 17.1 Å². The average molecular weight is 158 g/mol. The number of fused-ring (bicyclic) bond motifs is 1. The van der Waals surface area contributed by atoms with E-state index in [0.717, 1.165) is 18.3 Å². The molecule has 0 saturated heterocycles. The minimum absolute atomic E-state index is 0.869. The van der Waals surface area contributed by atoms with Gasteiger partial charge in [0.05, 0.1) is 0 Å². The molecule has 0 atom stereocenters. The third kappa shape index (κ3) is 0.900. The Kier molecular flexibility index (Phi) is 1.58. The standard InChI is InChI=1S/C11H10O/c1-8(7-12)11-6-9-4-2-3-5-10(9)11/h2-5,7H,6H2,1H3/b11-8+. The Morgan fingerprint density at radius 3 is 2.83 bits per heavy atom. The molecule has 1 nitrogen and oxygen atoms in total. The van der Waals surface area contributed by atoms with Gasteiger partial charge in [-0.15, -0.1) is 0 Å². The molecule has 0 fully saturated rings. The number of benzene rings is 1. The fourth-order valence-corrected chi connectivity index (χ4v) is 1.57. The fraction of sp³-hybridized carbons (Fsp3) is 0.182. The van der Waals surface area contributed by atoms with Gasteiger partial charge in [0.2, 0.25) is 0 Å². The molecule has 0 radical (unpaired) electrons. The molecular formula is C11H10O. The Morgan fingerprint density at radius 1 is 1.42 bits per heavy atom. The van der Waals surface area contributed by atoms with Gasteiger partial charge in [0.15, 0.2) is 0 Å². The Morgan fingerprint density at radius 2 is 2.17 bits per heavy atom. The summed E-state index contributed by atoms with van der Waals surface area (Å²) in [6.45, 7) is 1.87. The lowest BCUT2D eigenvalue weighted by atomic mass is 9.81. The van der Waals surface area contributed by atoms with Crippen molar-refractivity contribution >= 4 is 11.9 Å². The number of carbonyl (C=O) groups is 1. The van der Waals surface area contributed by atoms with Crippen molar-refractivity contribution < 1.29 is 4.79 Å². The van der Waals surface area contributed by atoms with Crippen molar-refractivity contribution in [3.63, 3.8) is 0 Å². The highest BCUT2D eigenvalue weighted by atomic mass is 16.1.